The van der Waals surface area contributed by atoms with Gasteiger partial charge in [0.15, 0.2) is 5.82 Å². The molecule has 6 aromatic carbocycles. The van der Waals surface area contributed by atoms with Gasteiger partial charge in [-0.15, -0.1) is 11.8 Å². The number of thioether (sulfide) groups is 1. The highest BCUT2D eigenvalue weighted by Gasteiger charge is 2.18. The molecule has 48 heavy (non-hydrogen) atoms. The first kappa shape index (κ1) is 28.3. The summed E-state index contributed by atoms with van der Waals surface area (Å²) in [7, 11) is 0. The van der Waals surface area contributed by atoms with Crippen molar-refractivity contribution in [2.45, 2.75) is 4.90 Å². The third-order valence-electron chi connectivity index (χ3n) is 9.06. The maximum Gasteiger partial charge on any atom is 0.161 e. The van der Waals surface area contributed by atoms with Gasteiger partial charge in [-0.25, -0.2) is 9.97 Å². The smallest absolute Gasteiger partial charge is 0.161 e. The van der Waals surface area contributed by atoms with Gasteiger partial charge in [-0.2, -0.15) is 0 Å². The summed E-state index contributed by atoms with van der Waals surface area (Å²) in [5.41, 5.74) is 17.6. The number of benzene rings is 6. The van der Waals surface area contributed by atoms with Crippen molar-refractivity contribution in [2.75, 3.05) is 5.75 Å². The maximum absolute atomic E-state index is 6.94. The molecule has 0 radical (unpaired) electrons. The first-order valence-corrected chi connectivity index (χ1v) is 17.0. The van der Waals surface area contributed by atoms with Gasteiger partial charge >= 0.3 is 0 Å². The van der Waals surface area contributed by atoms with Crippen LogP contribution in [0.25, 0.3) is 67.1 Å². The van der Waals surface area contributed by atoms with Crippen molar-refractivity contribution in [3.8, 4) is 33.9 Å². The van der Waals surface area contributed by atoms with Crippen molar-refractivity contribution in [2.24, 2.45) is 5.73 Å². The first-order chi connectivity index (χ1) is 23.7. The molecule has 0 unspecified atom stereocenters. The summed E-state index contributed by atoms with van der Waals surface area (Å²) in [4.78, 5) is 11.6. The summed E-state index contributed by atoms with van der Waals surface area (Å²) in [5, 5.41) is 4.30. The van der Waals surface area contributed by atoms with E-state index in [0.29, 0.717) is 5.82 Å². The summed E-state index contributed by atoms with van der Waals surface area (Å²) in [6.45, 7) is 0. The average Bonchev–Trinajstić information content (AvgIpc) is 3.77. The zero-order valence-electron chi connectivity index (χ0n) is 25.9. The van der Waals surface area contributed by atoms with Crippen molar-refractivity contribution in [1.82, 2.24) is 9.97 Å². The van der Waals surface area contributed by atoms with Gasteiger partial charge in [-0.1, -0.05) is 127 Å². The van der Waals surface area contributed by atoms with E-state index in [4.69, 9.17) is 20.1 Å². The van der Waals surface area contributed by atoms with Crippen LogP contribution in [0.2, 0.25) is 0 Å². The Labute approximate surface area is 281 Å². The lowest BCUT2D eigenvalue weighted by Gasteiger charge is -2.11. The largest absolute Gasteiger partial charge is 0.456 e. The molecule has 0 saturated heterocycles. The van der Waals surface area contributed by atoms with Gasteiger partial charge in [0.1, 0.15) is 11.2 Å². The van der Waals surface area contributed by atoms with E-state index < -0.39 is 0 Å². The number of nitrogens with zero attached hydrogens (tertiary/aromatic N) is 2. The van der Waals surface area contributed by atoms with E-state index in [-0.39, 0.29) is 0 Å². The van der Waals surface area contributed by atoms with Crippen molar-refractivity contribution in [1.29, 1.82) is 0 Å². The molecule has 3 heterocycles. The highest BCUT2D eigenvalue weighted by atomic mass is 32.2. The van der Waals surface area contributed by atoms with E-state index in [0.717, 1.165) is 72.2 Å². The zero-order valence-corrected chi connectivity index (χ0v) is 26.7. The fourth-order valence-electron chi connectivity index (χ4n) is 6.68. The number of fused-ring (bicyclic) bond motifs is 4. The summed E-state index contributed by atoms with van der Waals surface area (Å²) in [6.07, 6.45) is 0. The maximum atomic E-state index is 6.94. The lowest BCUT2D eigenvalue weighted by molar-refractivity contribution is 0.669. The Morgan fingerprint density at radius 2 is 1.27 bits per heavy atom. The quantitative estimate of drug-likeness (QED) is 0.209. The second-order valence-corrected chi connectivity index (χ2v) is 12.9. The summed E-state index contributed by atoms with van der Waals surface area (Å²) < 4.78 is 6.20. The Hall–Kier alpha value is -5.91. The molecule has 8 aromatic rings. The lowest BCUT2D eigenvalue weighted by Crippen LogP contribution is -2.32. The summed E-state index contributed by atoms with van der Waals surface area (Å²) >= 11 is 1.88. The van der Waals surface area contributed by atoms with E-state index in [1.165, 1.54) is 21.3 Å². The van der Waals surface area contributed by atoms with E-state index in [2.05, 4.69) is 103 Å². The second kappa shape index (κ2) is 11.7. The van der Waals surface area contributed by atoms with Gasteiger partial charge < -0.3 is 10.2 Å². The Kier molecular flexibility index (Phi) is 6.91. The molecule has 4 nitrogen and oxygen atoms in total. The van der Waals surface area contributed by atoms with Gasteiger partial charge in [-0.05, 0) is 46.2 Å². The van der Waals surface area contributed by atoms with Crippen LogP contribution in [0.1, 0.15) is 11.1 Å². The molecule has 1 aliphatic heterocycles. The van der Waals surface area contributed by atoms with Crippen molar-refractivity contribution in [3.05, 3.63) is 173 Å². The molecule has 2 aromatic heterocycles. The number of nitrogens with two attached hydrogens (primary N) is 1. The molecule has 0 fully saturated rings. The van der Waals surface area contributed by atoms with Crippen LogP contribution in [0.3, 0.4) is 0 Å². The molecule has 2 N–H and O–H groups in total. The van der Waals surface area contributed by atoms with Crippen LogP contribution in [0.5, 0.6) is 0 Å². The van der Waals surface area contributed by atoms with E-state index in [9.17, 15) is 0 Å². The minimum atomic E-state index is 0.652. The van der Waals surface area contributed by atoms with Gasteiger partial charge in [0.2, 0.25) is 0 Å². The minimum Gasteiger partial charge on any atom is -0.456 e. The molecular formula is C43H29N3OS. The van der Waals surface area contributed by atoms with E-state index >= 15 is 0 Å². The Morgan fingerprint density at radius 1 is 0.604 bits per heavy atom. The predicted octanol–water partition coefficient (Wildman–Crippen LogP) is 8.80. The monoisotopic (exact) mass is 635 g/mol. The van der Waals surface area contributed by atoms with Gasteiger partial charge in [0.05, 0.1) is 11.4 Å². The fraction of sp³-hybridized carbons (Fsp3) is 0.0233. The SMILES string of the molecule is N/C(c1ccc(-c2cc(-c3ccccc3)nc(-c3cccc4oc5ccccc5c34)n2)cc1)=c1/cccc/c1=C1/CSc2ccccc21. The molecule has 0 saturated carbocycles. The molecule has 0 amide bonds. The Bertz CT molecular complexity index is 2630. The standard InChI is InChI=1S/C43H29N3OS/c44-42(32-15-5-4-13-30(32)35-26-48-40-20-9-7-14-31(35)40)29-23-21-28(22-24-29)37-25-36(27-11-2-1-3-12-27)45-43(46-37)34-17-10-19-39-41(34)33-16-6-8-18-38(33)47-39/h1-25H,26,44H2/b35-30+,42-32-. The van der Waals surface area contributed by atoms with Gasteiger partial charge in [0, 0.05) is 49.0 Å². The topological polar surface area (TPSA) is 64.9 Å². The molecule has 5 heteroatoms. The number of hydrogen-bond acceptors (Lipinski definition) is 5. The van der Waals surface area contributed by atoms with Crippen LogP contribution < -0.4 is 16.2 Å². The highest BCUT2D eigenvalue weighted by molar-refractivity contribution is 8.00. The van der Waals surface area contributed by atoms with Crippen LogP contribution in [-0.4, -0.2) is 15.7 Å². The summed E-state index contributed by atoms with van der Waals surface area (Å²) in [6, 6.07) is 52.0. The Balaban J connectivity index is 1.18. The normalized spacial score (nSPS) is 14.3. The molecule has 0 bridgehead atoms. The van der Waals surface area contributed by atoms with Gasteiger partial charge in [0.25, 0.3) is 0 Å². The van der Waals surface area contributed by atoms with Crippen LogP contribution in [0.15, 0.2) is 161 Å². The molecule has 1 aliphatic rings. The Morgan fingerprint density at radius 3 is 2.12 bits per heavy atom. The lowest BCUT2D eigenvalue weighted by atomic mass is 10.00. The fourth-order valence-corrected chi connectivity index (χ4v) is 7.82. The van der Waals surface area contributed by atoms with E-state index in [1.54, 1.807) is 0 Å². The predicted molar refractivity (Wildman–Crippen MR) is 198 cm³/mol. The molecule has 228 valence electrons. The van der Waals surface area contributed by atoms with Crippen LogP contribution in [-0.2, 0) is 0 Å². The first-order valence-electron chi connectivity index (χ1n) is 16.0. The summed E-state index contributed by atoms with van der Waals surface area (Å²) in [5.74, 6) is 1.59. The van der Waals surface area contributed by atoms with Crippen LogP contribution >= 0.6 is 11.8 Å². The minimum absolute atomic E-state index is 0.652. The molecular weight excluding hydrogens is 607 g/mol. The van der Waals surface area contributed by atoms with Crippen molar-refractivity contribution >= 4 is 45.0 Å². The highest BCUT2D eigenvalue weighted by Crippen LogP contribution is 2.38. The molecule has 0 spiro atoms. The third-order valence-corrected chi connectivity index (χ3v) is 10.2. The second-order valence-electron chi connectivity index (χ2n) is 11.9. The van der Waals surface area contributed by atoms with Crippen LogP contribution in [0, 0.1) is 0 Å². The van der Waals surface area contributed by atoms with Crippen LogP contribution in [0.4, 0.5) is 0 Å². The van der Waals surface area contributed by atoms with E-state index in [1.807, 2.05) is 60.3 Å². The molecule has 0 atom stereocenters. The number of para-hydroxylation sites is 1. The average molecular weight is 636 g/mol. The third kappa shape index (κ3) is 4.88. The molecule has 0 aliphatic carbocycles. The molecule has 9 rings (SSSR count). The van der Waals surface area contributed by atoms with Gasteiger partial charge in [-0.3, -0.25) is 0 Å². The van der Waals surface area contributed by atoms with Crippen molar-refractivity contribution in [3.63, 3.8) is 0 Å². The number of furan rings is 1. The number of aromatic nitrogens is 2. The zero-order chi connectivity index (χ0) is 32.0. The number of hydrogen-bond donors (Lipinski definition) is 1. The number of rotatable bonds is 4. The van der Waals surface area contributed by atoms with Crippen molar-refractivity contribution < 1.29 is 4.42 Å².